The summed E-state index contributed by atoms with van der Waals surface area (Å²) in [6.07, 6.45) is 1.96. The number of carbonyl (C=O) groups excluding carboxylic acids is 1. The number of hydrogen-bond donors (Lipinski definition) is 1. The molecule has 1 aliphatic heterocycles. The SMILES string of the molecule is COc1cccc(OCC(=O)N2CCC(Cc3ccc(CO)cc3)C2)c1. The van der Waals surface area contributed by atoms with E-state index in [1.54, 1.807) is 13.2 Å². The molecule has 1 atom stereocenters. The molecule has 1 fully saturated rings. The number of nitrogens with zero attached hydrogens (tertiary/aromatic N) is 1. The molecule has 5 nitrogen and oxygen atoms in total. The maximum atomic E-state index is 12.4. The van der Waals surface area contributed by atoms with Crippen molar-refractivity contribution < 1.29 is 19.4 Å². The van der Waals surface area contributed by atoms with Crippen LogP contribution in [-0.2, 0) is 17.8 Å². The van der Waals surface area contributed by atoms with Gasteiger partial charge in [-0.15, -0.1) is 0 Å². The zero-order chi connectivity index (χ0) is 18.4. The average Bonchev–Trinajstić information content (AvgIpc) is 3.15. The van der Waals surface area contributed by atoms with Gasteiger partial charge in [0.2, 0.25) is 0 Å². The van der Waals surface area contributed by atoms with Crippen LogP contribution in [0.25, 0.3) is 0 Å². The van der Waals surface area contributed by atoms with Gasteiger partial charge in [-0.05, 0) is 42.0 Å². The molecule has 0 saturated carbocycles. The van der Waals surface area contributed by atoms with Crippen molar-refractivity contribution in [3.63, 3.8) is 0 Å². The van der Waals surface area contributed by atoms with E-state index in [4.69, 9.17) is 14.6 Å². The van der Waals surface area contributed by atoms with E-state index in [0.717, 1.165) is 31.5 Å². The van der Waals surface area contributed by atoms with Gasteiger partial charge in [-0.25, -0.2) is 0 Å². The van der Waals surface area contributed by atoms with Crippen LogP contribution in [0.5, 0.6) is 11.5 Å². The molecule has 0 spiro atoms. The Labute approximate surface area is 154 Å². The van der Waals surface area contributed by atoms with Gasteiger partial charge >= 0.3 is 0 Å². The van der Waals surface area contributed by atoms with Gasteiger partial charge in [-0.2, -0.15) is 0 Å². The smallest absolute Gasteiger partial charge is 0.260 e. The molecule has 1 heterocycles. The number of aliphatic hydroxyl groups is 1. The second-order valence-corrected chi connectivity index (χ2v) is 6.64. The van der Waals surface area contributed by atoms with E-state index in [1.165, 1.54) is 5.56 Å². The second-order valence-electron chi connectivity index (χ2n) is 6.64. The first-order chi connectivity index (χ1) is 12.7. The minimum absolute atomic E-state index is 0.0194. The van der Waals surface area contributed by atoms with Crippen LogP contribution < -0.4 is 9.47 Å². The summed E-state index contributed by atoms with van der Waals surface area (Å²) in [7, 11) is 1.60. The fourth-order valence-corrected chi connectivity index (χ4v) is 3.27. The molecular weight excluding hydrogens is 330 g/mol. The van der Waals surface area contributed by atoms with Crippen molar-refractivity contribution >= 4 is 5.91 Å². The highest BCUT2D eigenvalue weighted by Crippen LogP contribution is 2.22. The van der Waals surface area contributed by atoms with Crippen molar-refractivity contribution in [3.8, 4) is 11.5 Å². The van der Waals surface area contributed by atoms with Crippen LogP contribution in [-0.4, -0.2) is 42.7 Å². The number of likely N-dealkylation sites (tertiary alicyclic amines) is 1. The lowest BCUT2D eigenvalue weighted by Crippen LogP contribution is -2.33. The Hall–Kier alpha value is -2.53. The fraction of sp³-hybridized carbons (Fsp3) is 0.381. The molecule has 1 N–H and O–H groups in total. The van der Waals surface area contributed by atoms with Gasteiger partial charge in [0, 0.05) is 19.2 Å². The van der Waals surface area contributed by atoms with Crippen LogP contribution in [0.4, 0.5) is 0 Å². The van der Waals surface area contributed by atoms with E-state index >= 15 is 0 Å². The van der Waals surface area contributed by atoms with Gasteiger partial charge in [0.15, 0.2) is 6.61 Å². The highest BCUT2D eigenvalue weighted by atomic mass is 16.5. The highest BCUT2D eigenvalue weighted by molar-refractivity contribution is 5.78. The molecule has 1 amide bonds. The summed E-state index contributed by atoms with van der Waals surface area (Å²) >= 11 is 0. The van der Waals surface area contributed by atoms with E-state index in [9.17, 15) is 4.79 Å². The summed E-state index contributed by atoms with van der Waals surface area (Å²) in [6.45, 7) is 1.66. The topological polar surface area (TPSA) is 59.0 Å². The fourth-order valence-electron chi connectivity index (χ4n) is 3.27. The van der Waals surface area contributed by atoms with Gasteiger partial charge in [-0.1, -0.05) is 30.3 Å². The second kappa shape index (κ2) is 8.72. The Morgan fingerprint density at radius 1 is 1.15 bits per heavy atom. The maximum absolute atomic E-state index is 12.4. The number of ether oxygens (including phenoxy) is 2. The van der Waals surface area contributed by atoms with E-state index in [1.807, 2.05) is 35.2 Å². The molecule has 2 aromatic rings. The average molecular weight is 355 g/mol. The maximum Gasteiger partial charge on any atom is 0.260 e. The van der Waals surface area contributed by atoms with E-state index in [-0.39, 0.29) is 19.1 Å². The van der Waals surface area contributed by atoms with Crippen LogP contribution in [0.3, 0.4) is 0 Å². The summed E-state index contributed by atoms with van der Waals surface area (Å²) in [4.78, 5) is 14.3. The molecule has 1 saturated heterocycles. The minimum Gasteiger partial charge on any atom is -0.497 e. The van der Waals surface area contributed by atoms with Crippen molar-refractivity contribution in [1.29, 1.82) is 0 Å². The van der Waals surface area contributed by atoms with Crippen molar-refractivity contribution in [2.24, 2.45) is 5.92 Å². The predicted molar refractivity (Wildman–Crippen MR) is 99.2 cm³/mol. The molecule has 5 heteroatoms. The monoisotopic (exact) mass is 355 g/mol. The molecule has 3 rings (SSSR count). The zero-order valence-electron chi connectivity index (χ0n) is 15.1. The minimum atomic E-state index is 0.0194. The Morgan fingerprint density at radius 2 is 1.88 bits per heavy atom. The van der Waals surface area contributed by atoms with Crippen LogP contribution in [0.15, 0.2) is 48.5 Å². The van der Waals surface area contributed by atoms with Crippen LogP contribution in [0, 0.1) is 5.92 Å². The quantitative estimate of drug-likeness (QED) is 0.830. The molecule has 1 unspecified atom stereocenters. The molecule has 0 aromatic heterocycles. The molecule has 138 valence electrons. The van der Waals surface area contributed by atoms with Crippen molar-refractivity contribution in [1.82, 2.24) is 4.90 Å². The van der Waals surface area contributed by atoms with Crippen molar-refractivity contribution in [3.05, 3.63) is 59.7 Å². The lowest BCUT2D eigenvalue weighted by molar-refractivity contribution is -0.132. The zero-order valence-corrected chi connectivity index (χ0v) is 15.1. The van der Waals surface area contributed by atoms with E-state index < -0.39 is 0 Å². The first-order valence-corrected chi connectivity index (χ1v) is 8.91. The molecular formula is C21H25NO4. The van der Waals surface area contributed by atoms with Crippen molar-refractivity contribution in [2.45, 2.75) is 19.4 Å². The molecule has 0 aliphatic carbocycles. The standard InChI is InChI=1S/C21H25NO4/c1-25-19-3-2-4-20(12-19)26-15-21(24)22-10-9-18(13-22)11-16-5-7-17(14-23)8-6-16/h2-8,12,18,23H,9-11,13-15H2,1H3. The number of rotatable bonds is 7. The van der Waals surface area contributed by atoms with Crippen molar-refractivity contribution in [2.75, 3.05) is 26.8 Å². The van der Waals surface area contributed by atoms with Gasteiger partial charge in [0.1, 0.15) is 11.5 Å². The lowest BCUT2D eigenvalue weighted by atomic mass is 9.98. The van der Waals surface area contributed by atoms with Gasteiger partial charge < -0.3 is 19.5 Å². The van der Waals surface area contributed by atoms with Crippen LogP contribution in [0.1, 0.15) is 17.5 Å². The molecule has 2 aromatic carbocycles. The Morgan fingerprint density at radius 3 is 2.62 bits per heavy atom. The van der Waals surface area contributed by atoms with Crippen LogP contribution >= 0.6 is 0 Å². The van der Waals surface area contributed by atoms with Gasteiger partial charge in [-0.3, -0.25) is 4.79 Å². The van der Waals surface area contributed by atoms with Crippen LogP contribution in [0.2, 0.25) is 0 Å². The van der Waals surface area contributed by atoms with Gasteiger partial charge in [0.05, 0.1) is 13.7 Å². The summed E-state index contributed by atoms with van der Waals surface area (Å²) in [6, 6.07) is 15.3. The molecule has 0 radical (unpaired) electrons. The largest absolute Gasteiger partial charge is 0.497 e. The number of carbonyl (C=O) groups is 1. The number of methoxy groups -OCH3 is 1. The third kappa shape index (κ3) is 4.76. The number of benzene rings is 2. The van der Waals surface area contributed by atoms with E-state index in [2.05, 4.69) is 12.1 Å². The Kier molecular flexibility index (Phi) is 6.12. The lowest BCUT2D eigenvalue weighted by Gasteiger charge is -2.17. The Balaban J connectivity index is 1.47. The number of hydrogen-bond acceptors (Lipinski definition) is 4. The number of amides is 1. The summed E-state index contributed by atoms with van der Waals surface area (Å²) in [5.41, 5.74) is 2.17. The normalized spacial score (nSPS) is 16.5. The number of aliphatic hydroxyl groups excluding tert-OH is 1. The molecule has 1 aliphatic rings. The summed E-state index contributed by atoms with van der Waals surface area (Å²) in [5, 5.41) is 9.11. The summed E-state index contributed by atoms with van der Waals surface area (Å²) < 4.78 is 10.8. The first-order valence-electron chi connectivity index (χ1n) is 8.91. The predicted octanol–water partition coefficient (Wildman–Crippen LogP) is 2.66. The van der Waals surface area contributed by atoms with Gasteiger partial charge in [0.25, 0.3) is 5.91 Å². The summed E-state index contributed by atoms with van der Waals surface area (Å²) in [5.74, 6) is 1.84. The third-order valence-corrected chi connectivity index (χ3v) is 4.77. The van der Waals surface area contributed by atoms with E-state index in [0.29, 0.717) is 17.4 Å². The molecule has 26 heavy (non-hydrogen) atoms. The highest BCUT2D eigenvalue weighted by Gasteiger charge is 2.26. The third-order valence-electron chi connectivity index (χ3n) is 4.77. The first kappa shape index (κ1) is 18.3. The molecule has 0 bridgehead atoms. The Bertz CT molecular complexity index is 729.